The molecule has 3 aromatic heterocycles. The predicted molar refractivity (Wildman–Crippen MR) is 264 cm³/mol. The number of allylic oxidation sites excluding steroid dienone is 1. The molecular formula is C57H37N3OS. The van der Waals surface area contributed by atoms with Crippen LogP contribution in [-0.2, 0) is 0 Å². The van der Waals surface area contributed by atoms with Crippen molar-refractivity contribution in [3.05, 3.63) is 205 Å². The molecular weight excluding hydrogens is 775 g/mol. The Morgan fingerprint density at radius 1 is 0.532 bits per heavy atom. The van der Waals surface area contributed by atoms with Gasteiger partial charge in [0.05, 0.1) is 28.1 Å². The van der Waals surface area contributed by atoms with Gasteiger partial charge in [-0.2, -0.15) is 0 Å². The van der Waals surface area contributed by atoms with E-state index < -0.39 is 0 Å². The van der Waals surface area contributed by atoms with Crippen LogP contribution < -0.4 is 0 Å². The number of hydrogen-bond acceptors (Lipinski definition) is 4. The van der Waals surface area contributed by atoms with Crippen molar-refractivity contribution in [3.63, 3.8) is 0 Å². The van der Waals surface area contributed by atoms with Crippen LogP contribution in [0.3, 0.4) is 0 Å². The molecule has 0 amide bonds. The second-order valence-corrected chi connectivity index (χ2v) is 17.6. The van der Waals surface area contributed by atoms with Crippen molar-refractivity contribution in [2.24, 2.45) is 15.9 Å². The van der Waals surface area contributed by atoms with Gasteiger partial charge >= 0.3 is 0 Å². The highest BCUT2D eigenvalue weighted by Crippen LogP contribution is 2.42. The van der Waals surface area contributed by atoms with Crippen LogP contribution in [0.1, 0.15) is 30.0 Å². The summed E-state index contributed by atoms with van der Waals surface area (Å²) in [5.41, 5.74) is 9.96. The molecule has 13 rings (SSSR count). The lowest BCUT2D eigenvalue weighted by Crippen LogP contribution is -2.17. The lowest BCUT2D eigenvalue weighted by Gasteiger charge is -2.20. The summed E-state index contributed by atoms with van der Waals surface area (Å²) in [7, 11) is 0. The smallest absolute Gasteiger partial charge is 0.160 e. The number of hydrogen-bond donors (Lipinski definition) is 0. The van der Waals surface area contributed by atoms with Gasteiger partial charge < -0.3 is 8.98 Å². The van der Waals surface area contributed by atoms with Gasteiger partial charge in [-0.1, -0.05) is 146 Å². The average molecular weight is 812 g/mol. The van der Waals surface area contributed by atoms with Gasteiger partial charge in [0, 0.05) is 64.3 Å². The highest BCUT2D eigenvalue weighted by molar-refractivity contribution is 7.25. The molecule has 9 aromatic carbocycles. The molecule has 0 bridgehead atoms. The van der Waals surface area contributed by atoms with Gasteiger partial charge in [0.15, 0.2) is 11.4 Å². The number of furan rings is 1. The maximum atomic E-state index is 7.02. The zero-order chi connectivity index (χ0) is 40.9. The maximum Gasteiger partial charge on any atom is 0.160 e. The first-order valence-corrected chi connectivity index (χ1v) is 22.1. The van der Waals surface area contributed by atoms with Crippen LogP contribution in [0.4, 0.5) is 0 Å². The molecule has 0 spiro atoms. The van der Waals surface area contributed by atoms with Crippen molar-refractivity contribution >= 4 is 114 Å². The molecule has 1 unspecified atom stereocenters. The summed E-state index contributed by atoms with van der Waals surface area (Å²) in [5, 5.41) is 11.8. The largest absolute Gasteiger partial charge is 0.454 e. The van der Waals surface area contributed by atoms with E-state index in [0.717, 1.165) is 73.2 Å². The molecule has 0 radical (unpaired) electrons. The minimum absolute atomic E-state index is 0.109. The van der Waals surface area contributed by atoms with E-state index >= 15 is 0 Å². The third-order valence-electron chi connectivity index (χ3n) is 12.9. The van der Waals surface area contributed by atoms with E-state index in [9.17, 15) is 0 Å². The Morgan fingerprint density at radius 3 is 2.13 bits per heavy atom. The van der Waals surface area contributed by atoms with Gasteiger partial charge in [-0.3, -0.25) is 0 Å². The summed E-state index contributed by atoms with van der Waals surface area (Å²) in [6, 6.07) is 65.4. The van der Waals surface area contributed by atoms with Crippen molar-refractivity contribution in [1.82, 2.24) is 4.57 Å². The van der Waals surface area contributed by atoms with Crippen LogP contribution >= 0.6 is 11.3 Å². The number of amidine groups is 1. The van der Waals surface area contributed by atoms with Crippen molar-refractivity contribution < 1.29 is 4.42 Å². The minimum Gasteiger partial charge on any atom is -0.454 e. The van der Waals surface area contributed by atoms with Crippen molar-refractivity contribution in [2.75, 3.05) is 0 Å². The molecule has 4 nitrogen and oxygen atoms in total. The Hall–Kier alpha value is -7.60. The predicted octanol–water partition coefficient (Wildman–Crippen LogP) is 15.7. The van der Waals surface area contributed by atoms with Crippen LogP contribution in [0.2, 0.25) is 0 Å². The zero-order valence-electron chi connectivity index (χ0n) is 33.8. The van der Waals surface area contributed by atoms with Gasteiger partial charge in [0.2, 0.25) is 0 Å². The molecule has 5 heteroatoms. The van der Waals surface area contributed by atoms with Gasteiger partial charge in [0.25, 0.3) is 0 Å². The summed E-state index contributed by atoms with van der Waals surface area (Å²) in [6.45, 7) is 2.30. The first-order valence-electron chi connectivity index (χ1n) is 21.3. The third-order valence-corrected chi connectivity index (χ3v) is 14.0. The Morgan fingerprint density at radius 2 is 1.24 bits per heavy atom. The van der Waals surface area contributed by atoms with Crippen LogP contribution in [0.5, 0.6) is 0 Å². The Bertz CT molecular complexity index is 3930. The highest BCUT2D eigenvalue weighted by Gasteiger charge is 2.25. The number of rotatable bonds is 4. The second kappa shape index (κ2) is 13.7. The van der Waals surface area contributed by atoms with Gasteiger partial charge in [-0.05, 0) is 76.5 Å². The van der Waals surface area contributed by atoms with Crippen LogP contribution in [0.15, 0.2) is 202 Å². The monoisotopic (exact) mass is 811 g/mol. The molecule has 62 heavy (non-hydrogen) atoms. The molecule has 0 aliphatic carbocycles. The quantitative estimate of drug-likeness (QED) is 0.175. The van der Waals surface area contributed by atoms with Crippen molar-refractivity contribution in [2.45, 2.75) is 13.3 Å². The van der Waals surface area contributed by atoms with Crippen molar-refractivity contribution in [1.29, 1.82) is 0 Å². The minimum atomic E-state index is 0.109. The fourth-order valence-corrected chi connectivity index (χ4v) is 11.0. The second-order valence-electron chi connectivity index (χ2n) is 16.5. The lowest BCUT2D eigenvalue weighted by molar-refractivity contribution is 0.666. The number of fused-ring (bicyclic) bond motifs is 11. The Labute approximate surface area is 361 Å². The summed E-state index contributed by atoms with van der Waals surface area (Å²) >= 11 is 1.83. The molecule has 1 atom stereocenters. The standard InChI is InChI=1S/C57H37N3OS/c1-34-25-29-47(38-26-27-42-41-19-8-11-24-52(41)62-53(42)33-38)58-57(59-55(34)43-21-12-16-35-13-4-5-17-39(35)43)45-28-30-49(56-54(45)44-20-7-10-23-51(44)61-56)60-48-22-9-6-18-40(48)46-31-36-14-2-3-15-37(36)32-50(46)60/h2-24,26-34H,25H2,1H3/b47-29+,58-57?,59-55?. The van der Waals surface area contributed by atoms with Crippen LogP contribution in [-0.4, -0.2) is 16.1 Å². The van der Waals surface area contributed by atoms with Crippen LogP contribution in [0.25, 0.3) is 96.8 Å². The van der Waals surface area contributed by atoms with Gasteiger partial charge in [-0.15, -0.1) is 11.3 Å². The van der Waals surface area contributed by atoms with Gasteiger partial charge in [0.1, 0.15) is 5.58 Å². The molecule has 1 aliphatic heterocycles. The first kappa shape index (κ1) is 35.2. The molecule has 0 saturated heterocycles. The van der Waals surface area contributed by atoms with E-state index in [0.29, 0.717) is 5.84 Å². The zero-order valence-corrected chi connectivity index (χ0v) is 34.7. The SMILES string of the molecule is CC1C/C=C(\c2ccc3c(c2)sc2ccccc23)N=C(c2ccc(-n3c4ccccc4c4cc5ccccc5cc43)c3oc4ccccc4c23)N=C1c1cccc2ccccc12. The van der Waals surface area contributed by atoms with E-state index in [-0.39, 0.29) is 5.92 Å². The topological polar surface area (TPSA) is 42.8 Å². The van der Waals surface area contributed by atoms with E-state index in [2.05, 4.69) is 193 Å². The lowest BCUT2D eigenvalue weighted by atomic mass is 9.90. The number of benzene rings is 9. The molecule has 12 aromatic rings. The third kappa shape index (κ3) is 5.38. The summed E-state index contributed by atoms with van der Waals surface area (Å²) in [6.07, 6.45) is 3.12. The molecule has 4 heterocycles. The molecule has 0 saturated carbocycles. The fraction of sp³-hybridized carbons (Fsp3) is 0.0526. The fourth-order valence-electron chi connectivity index (χ4n) is 9.86. The summed E-state index contributed by atoms with van der Waals surface area (Å²) < 4.78 is 11.9. The normalized spacial score (nSPS) is 15.8. The van der Waals surface area contributed by atoms with E-state index in [1.807, 2.05) is 17.4 Å². The van der Waals surface area contributed by atoms with Crippen LogP contribution in [0, 0.1) is 5.92 Å². The molecule has 0 N–H and O–H groups in total. The Kier molecular flexibility index (Phi) is 7.78. The van der Waals surface area contributed by atoms with Gasteiger partial charge in [-0.25, -0.2) is 9.98 Å². The number of thiophene rings is 1. The number of aromatic nitrogens is 1. The number of para-hydroxylation sites is 2. The number of aliphatic imine (C=N–C) groups is 2. The summed E-state index contributed by atoms with van der Waals surface area (Å²) in [5.74, 6) is 0.774. The highest BCUT2D eigenvalue weighted by atomic mass is 32.1. The molecule has 1 aliphatic rings. The number of nitrogens with zero attached hydrogens (tertiary/aromatic N) is 3. The Balaban J connectivity index is 1.10. The van der Waals surface area contributed by atoms with E-state index in [1.54, 1.807) is 0 Å². The summed E-state index contributed by atoms with van der Waals surface area (Å²) in [4.78, 5) is 11.4. The molecule has 292 valence electrons. The average Bonchev–Trinajstić information content (AvgIpc) is 3.99. The van der Waals surface area contributed by atoms with E-state index in [4.69, 9.17) is 14.4 Å². The molecule has 0 fully saturated rings. The van der Waals surface area contributed by atoms with Crippen molar-refractivity contribution in [3.8, 4) is 5.69 Å². The maximum absolute atomic E-state index is 7.02. The van der Waals surface area contributed by atoms with E-state index in [1.165, 1.54) is 52.5 Å². The first-order chi connectivity index (χ1) is 30.6.